The first-order chi connectivity index (χ1) is 11.7. The number of hydrogen-bond acceptors (Lipinski definition) is 1. The summed E-state index contributed by atoms with van der Waals surface area (Å²) in [6.07, 6.45) is 23.7. The van der Waals surface area contributed by atoms with Gasteiger partial charge in [-0.1, -0.05) is 117 Å². The van der Waals surface area contributed by atoms with Crippen LogP contribution in [0, 0.1) is 11.8 Å². The molecule has 1 saturated heterocycles. The number of unbranched alkanes of at least 4 members (excludes halogenated alkanes) is 13. The first-order valence-corrected chi connectivity index (χ1v) is 11.4. The topological polar surface area (TPSA) is 12.5 Å². The smallest absolute Gasteiger partial charge is 0.0812 e. The Labute approximate surface area is 153 Å². The van der Waals surface area contributed by atoms with Gasteiger partial charge in [0.15, 0.2) is 0 Å². The van der Waals surface area contributed by atoms with Gasteiger partial charge in [0.1, 0.15) is 0 Å². The Hall–Kier alpha value is -0.0400. The Morgan fingerprint density at radius 3 is 1.50 bits per heavy atom. The average molecular weight is 339 g/mol. The second-order valence-electron chi connectivity index (χ2n) is 8.53. The highest BCUT2D eigenvalue weighted by Crippen LogP contribution is 2.27. The normalized spacial score (nSPS) is 19.4. The van der Waals surface area contributed by atoms with Crippen LogP contribution >= 0.6 is 0 Å². The minimum Gasteiger partial charge on any atom is -0.373 e. The SMILES string of the molecule is CCCCCCCCCCCCCCCCC(C)C(C)CC1CO1. The van der Waals surface area contributed by atoms with Gasteiger partial charge in [0.2, 0.25) is 0 Å². The van der Waals surface area contributed by atoms with Crippen molar-refractivity contribution >= 4 is 0 Å². The zero-order valence-electron chi connectivity index (χ0n) is 17.2. The van der Waals surface area contributed by atoms with Crippen molar-refractivity contribution in [3.8, 4) is 0 Å². The fourth-order valence-corrected chi connectivity index (χ4v) is 3.80. The van der Waals surface area contributed by atoms with Crippen molar-refractivity contribution in [1.29, 1.82) is 0 Å². The van der Waals surface area contributed by atoms with Crippen LogP contribution in [0.3, 0.4) is 0 Å². The fourth-order valence-electron chi connectivity index (χ4n) is 3.80. The van der Waals surface area contributed by atoms with Gasteiger partial charge in [-0.15, -0.1) is 0 Å². The fraction of sp³-hybridized carbons (Fsp3) is 1.00. The lowest BCUT2D eigenvalue weighted by Gasteiger charge is -2.18. The maximum atomic E-state index is 5.36. The van der Waals surface area contributed by atoms with E-state index < -0.39 is 0 Å². The van der Waals surface area contributed by atoms with Gasteiger partial charge in [-0.25, -0.2) is 0 Å². The molecule has 1 aliphatic rings. The van der Waals surface area contributed by atoms with E-state index in [0.717, 1.165) is 18.4 Å². The molecule has 0 amide bonds. The summed E-state index contributed by atoms with van der Waals surface area (Å²) in [6, 6.07) is 0. The van der Waals surface area contributed by atoms with Gasteiger partial charge in [-0.3, -0.25) is 0 Å². The van der Waals surface area contributed by atoms with E-state index in [4.69, 9.17) is 4.74 Å². The van der Waals surface area contributed by atoms with Gasteiger partial charge >= 0.3 is 0 Å². The predicted octanol–water partition coefficient (Wildman–Crippen LogP) is 7.92. The lowest BCUT2D eigenvalue weighted by Crippen LogP contribution is -2.10. The number of rotatable bonds is 18. The minimum atomic E-state index is 0.610. The molecule has 1 nitrogen and oxygen atoms in total. The summed E-state index contributed by atoms with van der Waals surface area (Å²) in [6.45, 7) is 8.17. The molecule has 0 aliphatic carbocycles. The Balaban J connectivity index is 1.72. The Morgan fingerprint density at radius 2 is 1.08 bits per heavy atom. The summed E-state index contributed by atoms with van der Waals surface area (Å²) in [5, 5.41) is 0. The molecule has 1 rings (SSSR count). The van der Waals surface area contributed by atoms with E-state index in [1.54, 1.807) is 0 Å². The highest BCUT2D eigenvalue weighted by molar-refractivity contribution is 4.74. The second-order valence-corrected chi connectivity index (χ2v) is 8.53. The van der Waals surface area contributed by atoms with Crippen LogP contribution in [0.1, 0.15) is 124 Å². The third kappa shape index (κ3) is 13.3. The molecule has 1 heteroatoms. The van der Waals surface area contributed by atoms with Gasteiger partial charge in [-0.05, 0) is 18.3 Å². The third-order valence-corrected chi connectivity index (χ3v) is 6.02. The van der Waals surface area contributed by atoms with Gasteiger partial charge in [0, 0.05) is 0 Å². The van der Waals surface area contributed by atoms with Crippen LogP contribution in [0.15, 0.2) is 0 Å². The van der Waals surface area contributed by atoms with Crippen molar-refractivity contribution in [2.75, 3.05) is 6.61 Å². The predicted molar refractivity (Wildman–Crippen MR) is 108 cm³/mol. The summed E-state index contributed by atoms with van der Waals surface area (Å²) in [4.78, 5) is 0. The Bertz CT molecular complexity index is 259. The van der Waals surface area contributed by atoms with Crippen LogP contribution in [0.4, 0.5) is 0 Å². The maximum absolute atomic E-state index is 5.36. The standard InChI is InChI=1S/C23H46O/c1-4-5-6-7-8-9-10-11-12-13-14-15-16-17-18-21(2)22(3)19-23-20-24-23/h21-23H,4-20H2,1-3H3. The molecule has 0 saturated carbocycles. The van der Waals surface area contributed by atoms with Crippen LogP contribution in [0.2, 0.25) is 0 Å². The van der Waals surface area contributed by atoms with Gasteiger partial charge in [0.25, 0.3) is 0 Å². The van der Waals surface area contributed by atoms with Crippen LogP contribution < -0.4 is 0 Å². The molecule has 0 aromatic rings. The van der Waals surface area contributed by atoms with Crippen molar-refractivity contribution in [2.24, 2.45) is 11.8 Å². The molecule has 144 valence electrons. The largest absolute Gasteiger partial charge is 0.373 e. The lowest BCUT2D eigenvalue weighted by molar-refractivity contribution is 0.289. The van der Waals surface area contributed by atoms with Crippen LogP contribution in [0.5, 0.6) is 0 Å². The zero-order valence-corrected chi connectivity index (χ0v) is 17.2. The molecule has 1 heterocycles. The van der Waals surface area contributed by atoms with E-state index in [1.165, 1.54) is 103 Å². The number of ether oxygens (including phenoxy) is 1. The first kappa shape index (κ1) is 22.0. The van der Waals surface area contributed by atoms with Gasteiger partial charge < -0.3 is 4.74 Å². The second kappa shape index (κ2) is 15.2. The Kier molecular flexibility index (Phi) is 14.0. The molecule has 0 bridgehead atoms. The minimum absolute atomic E-state index is 0.610. The highest BCUT2D eigenvalue weighted by Gasteiger charge is 2.26. The quantitative estimate of drug-likeness (QED) is 0.183. The number of hydrogen-bond donors (Lipinski definition) is 0. The van der Waals surface area contributed by atoms with Crippen molar-refractivity contribution in [3.63, 3.8) is 0 Å². The average Bonchev–Trinajstić information content (AvgIpc) is 3.38. The van der Waals surface area contributed by atoms with Crippen LogP contribution in [-0.4, -0.2) is 12.7 Å². The third-order valence-electron chi connectivity index (χ3n) is 6.02. The van der Waals surface area contributed by atoms with Gasteiger partial charge in [-0.2, -0.15) is 0 Å². The molecule has 0 aromatic heterocycles. The lowest BCUT2D eigenvalue weighted by atomic mass is 9.87. The van der Waals surface area contributed by atoms with E-state index in [2.05, 4.69) is 20.8 Å². The molecule has 0 spiro atoms. The summed E-state index contributed by atoms with van der Waals surface area (Å²) in [7, 11) is 0. The van der Waals surface area contributed by atoms with Gasteiger partial charge in [0.05, 0.1) is 12.7 Å². The maximum Gasteiger partial charge on any atom is 0.0812 e. The summed E-state index contributed by atoms with van der Waals surface area (Å²) in [5.41, 5.74) is 0. The van der Waals surface area contributed by atoms with E-state index >= 15 is 0 Å². The first-order valence-electron chi connectivity index (χ1n) is 11.4. The molecule has 1 aliphatic heterocycles. The van der Waals surface area contributed by atoms with Crippen molar-refractivity contribution < 1.29 is 4.74 Å². The molecule has 24 heavy (non-hydrogen) atoms. The van der Waals surface area contributed by atoms with E-state index in [0.29, 0.717) is 6.10 Å². The summed E-state index contributed by atoms with van der Waals surface area (Å²) in [5.74, 6) is 1.73. The van der Waals surface area contributed by atoms with Crippen LogP contribution in [-0.2, 0) is 4.74 Å². The molecular weight excluding hydrogens is 292 g/mol. The van der Waals surface area contributed by atoms with Crippen LogP contribution in [0.25, 0.3) is 0 Å². The summed E-state index contributed by atoms with van der Waals surface area (Å²) < 4.78 is 5.36. The zero-order chi connectivity index (χ0) is 17.5. The molecule has 1 fully saturated rings. The van der Waals surface area contributed by atoms with Crippen molar-refractivity contribution in [1.82, 2.24) is 0 Å². The molecule has 3 unspecified atom stereocenters. The Morgan fingerprint density at radius 1 is 0.667 bits per heavy atom. The monoisotopic (exact) mass is 338 g/mol. The molecular formula is C23H46O. The van der Waals surface area contributed by atoms with E-state index in [1.807, 2.05) is 0 Å². The highest BCUT2D eigenvalue weighted by atomic mass is 16.6. The molecule has 0 radical (unpaired) electrons. The molecule has 0 aromatic carbocycles. The van der Waals surface area contributed by atoms with Crippen molar-refractivity contribution in [3.05, 3.63) is 0 Å². The van der Waals surface area contributed by atoms with Crippen molar-refractivity contribution in [2.45, 2.75) is 130 Å². The molecule has 3 atom stereocenters. The van der Waals surface area contributed by atoms with E-state index in [9.17, 15) is 0 Å². The van der Waals surface area contributed by atoms with E-state index in [-0.39, 0.29) is 0 Å². The molecule has 0 N–H and O–H groups in total. The number of epoxide rings is 1. The summed E-state index contributed by atoms with van der Waals surface area (Å²) >= 11 is 0.